The summed E-state index contributed by atoms with van der Waals surface area (Å²) in [6, 6.07) is 1.13. The van der Waals surface area contributed by atoms with Gasteiger partial charge in [-0.05, 0) is 64.0 Å². The lowest BCUT2D eigenvalue weighted by Gasteiger charge is -2.36. The van der Waals surface area contributed by atoms with Crippen LogP contribution in [0.2, 0.25) is 0 Å². The van der Waals surface area contributed by atoms with E-state index in [1.807, 2.05) is 0 Å². The highest BCUT2D eigenvalue weighted by molar-refractivity contribution is 5.80. The van der Waals surface area contributed by atoms with E-state index in [0.29, 0.717) is 23.9 Å². The average molecular weight is 291 g/mol. The van der Waals surface area contributed by atoms with Gasteiger partial charge in [0.25, 0.3) is 0 Å². The molecule has 4 aliphatic rings. The molecule has 0 aromatic heterocycles. The van der Waals surface area contributed by atoms with Crippen LogP contribution in [0.3, 0.4) is 0 Å². The van der Waals surface area contributed by atoms with Gasteiger partial charge in [0.15, 0.2) is 0 Å². The first-order valence-corrected chi connectivity index (χ1v) is 9.07. The molecular weight excluding hydrogens is 262 g/mol. The normalized spacial score (nSPS) is 37.5. The van der Waals surface area contributed by atoms with E-state index in [0.717, 1.165) is 25.4 Å². The van der Waals surface area contributed by atoms with Gasteiger partial charge in [-0.2, -0.15) is 0 Å². The lowest BCUT2D eigenvalue weighted by atomic mass is 9.87. The summed E-state index contributed by atoms with van der Waals surface area (Å²) >= 11 is 0. The van der Waals surface area contributed by atoms with Crippen LogP contribution in [0, 0.1) is 11.8 Å². The predicted molar refractivity (Wildman–Crippen MR) is 83.0 cm³/mol. The number of hydrogen-bond donors (Lipinski definition) is 1. The lowest BCUT2D eigenvalue weighted by molar-refractivity contribution is -0.137. The maximum Gasteiger partial charge on any atom is 0.227 e. The number of amides is 1. The second kappa shape index (κ2) is 5.88. The van der Waals surface area contributed by atoms with Crippen LogP contribution < -0.4 is 5.32 Å². The fourth-order valence-corrected chi connectivity index (χ4v) is 5.00. The maximum atomic E-state index is 12.7. The van der Waals surface area contributed by atoms with E-state index in [2.05, 4.69) is 15.1 Å². The fourth-order valence-electron chi connectivity index (χ4n) is 5.00. The Morgan fingerprint density at radius 3 is 2.38 bits per heavy atom. The minimum atomic E-state index is 0.291. The van der Waals surface area contributed by atoms with E-state index in [9.17, 15) is 4.79 Å². The summed E-state index contributed by atoms with van der Waals surface area (Å²) in [5.74, 6) is 1.57. The van der Waals surface area contributed by atoms with Crippen molar-refractivity contribution in [1.29, 1.82) is 0 Å². The Hall–Kier alpha value is -0.610. The van der Waals surface area contributed by atoms with Gasteiger partial charge in [-0.25, -0.2) is 0 Å². The monoisotopic (exact) mass is 291 g/mol. The average Bonchev–Trinajstić information content (AvgIpc) is 3.25. The second-order valence-corrected chi connectivity index (χ2v) is 7.67. The summed E-state index contributed by atoms with van der Waals surface area (Å²) in [6.45, 7) is 5.89. The maximum absolute atomic E-state index is 12.7. The zero-order valence-corrected chi connectivity index (χ0v) is 13.1. The number of piperidine rings is 1. The molecule has 21 heavy (non-hydrogen) atoms. The molecule has 4 heterocycles. The van der Waals surface area contributed by atoms with Crippen LogP contribution in [0.15, 0.2) is 0 Å². The van der Waals surface area contributed by atoms with Gasteiger partial charge in [0.1, 0.15) is 0 Å². The third-order valence-corrected chi connectivity index (χ3v) is 6.26. The van der Waals surface area contributed by atoms with Gasteiger partial charge in [-0.3, -0.25) is 4.79 Å². The van der Waals surface area contributed by atoms with Crippen LogP contribution in [0.25, 0.3) is 0 Å². The van der Waals surface area contributed by atoms with Crippen molar-refractivity contribution in [3.05, 3.63) is 0 Å². The number of nitrogens with zero attached hydrogens (tertiary/aromatic N) is 2. The Morgan fingerprint density at radius 1 is 1.00 bits per heavy atom. The van der Waals surface area contributed by atoms with E-state index >= 15 is 0 Å². The molecule has 4 fully saturated rings. The summed E-state index contributed by atoms with van der Waals surface area (Å²) in [5.41, 5.74) is 0. The minimum Gasteiger partial charge on any atom is -0.342 e. The molecule has 2 bridgehead atoms. The highest BCUT2D eigenvalue weighted by Gasteiger charge is 2.44. The van der Waals surface area contributed by atoms with Crippen molar-refractivity contribution in [2.24, 2.45) is 11.8 Å². The first-order valence-electron chi connectivity index (χ1n) is 9.07. The largest absolute Gasteiger partial charge is 0.342 e. The number of fused-ring (bicyclic) bond motifs is 2. The van der Waals surface area contributed by atoms with Gasteiger partial charge in [0, 0.05) is 31.7 Å². The molecular formula is C17H29N3O. The molecule has 1 N–H and O–H groups in total. The Morgan fingerprint density at radius 2 is 1.76 bits per heavy atom. The van der Waals surface area contributed by atoms with Crippen molar-refractivity contribution in [2.75, 3.05) is 32.7 Å². The molecule has 0 saturated carbocycles. The molecule has 4 rings (SSSR count). The van der Waals surface area contributed by atoms with E-state index in [1.165, 1.54) is 58.2 Å². The molecule has 4 heteroatoms. The Bertz CT molecular complexity index is 385. The summed E-state index contributed by atoms with van der Waals surface area (Å²) in [5, 5.41) is 3.60. The molecule has 3 unspecified atom stereocenters. The van der Waals surface area contributed by atoms with E-state index in [4.69, 9.17) is 0 Å². The van der Waals surface area contributed by atoms with Gasteiger partial charge in [0.2, 0.25) is 5.91 Å². The van der Waals surface area contributed by atoms with Gasteiger partial charge < -0.3 is 15.1 Å². The first-order chi connectivity index (χ1) is 10.3. The second-order valence-electron chi connectivity index (χ2n) is 7.67. The molecule has 0 aliphatic carbocycles. The quantitative estimate of drug-likeness (QED) is 0.855. The van der Waals surface area contributed by atoms with Crippen molar-refractivity contribution < 1.29 is 4.79 Å². The van der Waals surface area contributed by atoms with E-state index in [1.54, 1.807) is 0 Å². The third kappa shape index (κ3) is 2.85. The molecule has 0 aromatic rings. The number of hydrogen-bond acceptors (Lipinski definition) is 3. The van der Waals surface area contributed by atoms with Crippen molar-refractivity contribution >= 4 is 5.91 Å². The van der Waals surface area contributed by atoms with Crippen molar-refractivity contribution in [3.63, 3.8) is 0 Å². The molecule has 4 saturated heterocycles. The van der Waals surface area contributed by atoms with Gasteiger partial charge in [0.05, 0.1) is 5.92 Å². The standard InChI is InChI=1S/C17H29N3O/c21-17(15-11-14-3-4-16(15)18-14)20-9-5-13(6-10-20)12-19-7-1-2-8-19/h13-16,18H,1-12H2. The van der Waals surface area contributed by atoms with Gasteiger partial charge >= 0.3 is 0 Å². The zero-order valence-electron chi connectivity index (χ0n) is 13.1. The third-order valence-electron chi connectivity index (χ3n) is 6.26. The lowest BCUT2D eigenvalue weighted by Crippen LogP contribution is -2.46. The number of carbonyl (C=O) groups is 1. The highest BCUT2D eigenvalue weighted by atomic mass is 16.2. The van der Waals surface area contributed by atoms with Crippen LogP contribution in [0.1, 0.15) is 44.9 Å². The zero-order chi connectivity index (χ0) is 14.2. The molecule has 0 spiro atoms. The Kier molecular flexibility index (Phi) is 3.92. The number of nitrogens with one attached hydrogen (secondary N) is 1. The summed E-state index contributed by atoms with van der Waals surface area (Å²) in [4.78, 5) is 17.5. The van der Waals surface area contributed by atoms with Gasteiger partial charge in [-0.1, -0.05) is 0 Å². The van der Waals surface area contributed by atoms with Crippen molar-refractivity contribution in [3.8, 4) is 0 Å². The topological polar surface area (TPSA) is 35.6 Å². The van der Waals surface area contributed by atoms with Crippen LogP contribution in [-0.2, 0) is 4.79 Å². The molecule has 0 radical (unpaired) electrons. The molecule has 3 atom stereocenters. The van der Waals surface area contributed by atoms with Crippen LogP contribution in [-0.4, -0.2) is 60.5 Å². The van der Waals surface area contributed by atoms with E-state index < -0.39 is 0 Å². The van der Waals surface area contributed by atoms with Crippen LogP contribution >= 0.6 is 0 Å². The smallest absolute Gasteiger partial charge is 0.227 e. The van der Waals surface area contributed by atoms with Crippen molar-refractivity contribution in [2.45, 2.75) is 57.0 Å². The molecule has 0 aromatic carbocycles. The predicted octanol–water partition coefficient (Wildman–Crippen LogP) is 1.46. The van der Waals surface area contributed by atoms with Crippen LogP contribution in [0.4, 0.5) is 0 Å². The number of rotatable bonds is 3. The minimum absolute atomic E-state index is 0.291. The molecule has 1 amide bonds. The summed E-state index contributed by atoms with van der Waals surface area (Å²) < 4.78 is 0. The Labute approximate surface area is 128 Å². The Balaban J connectivity index is 1.26. The molecule has 118 valence electrons. The first kappa shape index (κ1) is 14.0. The highest BCUT2D eigenvalue weighted by Crippen LogP contribution is 2.35. The number of likely N-dealkylation sites (tertiary alicyclic amines) is 2. The summed E-state index contributed by atoms with van der Waals surface area (Å²) in [6.07, 6.45) is 8.80. The SMILES string of the molecule is O=C(C1CC2CCC1N2)N1CCC(CN2CCCC2)CC1. The van der Waals surface area contributed by atoms with Crippen molar-refractivity contribution in [1.82, 2.24) is 15.1 Å². The fraction of sp³-hybridized carbons (Fsp3) is 0.941. The van der Waals surface area contributed by atoms with Crippen LogP contribution in [0.5, 0.6) is 0 Å². The number of carbonyl (C=O) groups excluding carboxylic acids is 1. The molecule has 4 aliphatic heterocycles. The van der Waals surface area contributed by atoms with Gasteiger partial charge in [-0.15, -0.1) is 0 Å². The molecule has 4 nitrogen and oxygen atoms in total. The summed E-state index contributed by atoms with van der Waals surface area (Å²) in [7, 11) is 0. The van der Waals surface area contributed by atoms with E-state index in [-0.39, 0.29) is 0 Å².